The minimum atomic E-state index is -0.556. The Hall–Kier alpha value is -2.92. The summed E-state index contributed by atoms with van der Waals surface area (Å²) in [7, 11) is 0. The van der Waals surface area contributed by atoms with Crippen molar-refractivity contribution in [2.75, 3.05) is 19.8 Å². The van der Waals surface area contributed by atoms with Crippen LogP contribution in [0.15, 0.2) is 85.1 Å². The predicted octanol–water partition coefficient (Wildman–Crippen LogP) is 20.8. The predicted molar refractivity (Wildman–Crippen MR) is 307 cm³/mol. The molecule has 0 bridgehead atoms. The summed E-state index contributed by atoms with van der Waals surface area (Å²) < 4.78 is 17.5. The van der Waals surface area contributed by atoms with Gasteiger partial charge in [-0.15, -0.1) is 0 Å². The first-order valence-electron chi connectivity index (χ1n) is 30.1. The summed E-state index contributed by atoms with van der Waals surface area (Å²) in [6, 6.07) is 0. The normalized spacial score (nSPS) is 12.8. The summed E-state index contributed by atoms with van der Waals surface area (Å²) >= 11 is 0. The van der Waals surface area contributed by atoms with Crippen LogP contribution in [0.25, 0.3) is 0 Å². The van der Waals surface area contributed by atoms with Gasteiger partial charge in [-0.05, 0) is 122 Å². The quantitative estimate of drug-likeness (QED) is 0.0345. The molecule has 0 saturated carbocycles. The molecule has 0 aromatic rings. The van der Waals surface area contributed by atoms with Crippen LogP contribution in [0.5, 0.6) is 0 Å². The second-order valence-electron chi connectivity index (χ2n) is 19.9. The van der Waals surface area contributed by atoms with E-state index < -0.39 is 6.10 Å². The molecule has 5 nitrogen and oxygen atoms in total. The topological polar surface area (TPSA) is 61.8 Å². The summed E-state index contributed by atoms with van der Waals surface area (Å²) in [5.41, 5.74) is 0. The zero-order valence-corrected chi connectivity index (χ0v) is 46.5. The van der Waals surface area contributed by atoms with Gasteiger partial charge >= 0.3 is 11.9 Å². The molecule has 0 aromatic heterocycles. The molecule has 0 radical (unpaired) electrons. The molecule has 0 N–H and O–H groups in total. The number of allylic oxidation sites excluding steroid dienone is 14. The second-order valence-corrected chi connectivity index (χ2v) is 19.9. The largest absolute Gasteiger partial charge is 0.462 e. The summed E-state index contributed by atoms with van der Waals surface area (Å²) in [5.74, 6) is -0.421. The van der Waals surface area contributed by atoms with Gasteiger partial charge in [-0.1, -0.05) is 241 Å². The highest BCUT2D eigenvalue weighted by Gasteiger charge is 2.17. The number of carbonyl (C=O) groups is 2. The fourth-order valence-electron chi connectivity index (χ4n) is 8.34. The van der Waals surface area contributed by atoms with Crippen LogP contribution in [0.3, 0.4) is 0 Å². The molecule has 0 amide bonds. The summed E-state index contributed by atoms with van der Waals surface area (Å²) in [6.07, 6.45) is 80.3. The van der Waals surface area contributed by atoms with Gasteiger partial charge < -0.3 is 14.2 Å². The third-order valence-electron chi connectivity index (χ3n) is 12.9. The van der Waals surface area contributed by atoms with Gasteiger partial charge in [-0.2, -0.15) is 0 Å². The Bertz CT molecular complexity index is 1290. The van der Waals surface area contributed by atoms with Crippen molar-refractivity contribution in [2.45, 2.75) is 297 Å². The van der Waals surface area contributed by atoms with E-state index in [1.807, 2.05) is 0 Å². The average Bonchev–Trinajstić information content (AvgIpc) is 3.36. The summed E-state index contributed by atoms with van der Waals surface area (Å²) in [5, 5.41) is 0. The average molecular weight is 976 g/mol. The molecule has 0 spiro atoms. The van der Waals surface area contributed by atoms with Crippen LogP contribution < -0.4 is 0 Å². The molecule has 0 fully saturated rings. The molecule has 70 heavy (non-hydrogen) atoms. The number of rotatable bonds is 55. The maximum absolute atomic E-state index is 12.9. The Kier molecular flexibility index (Phi) is 57.9. The highest BCUT2D eigenvalue weighted by atomic mass is 16.6. The molecule has 0 heterocycles. The Morgan fingerprint density at radius 2 is 0.600 bits per heavy atom. The molecule has 0 saturated heterocycles. The zero-order valence-electron chi connectivity index (χ0n) is 46.5. The number of hydrogen-bond donors (Lipinski definition) is 0. The lowest BCUT2D eigenvalue weighted by atomic mass is 10.1. The Morgan fingerprint density at radius 3 is 1.00 bits per heavy atom. The van der Waals surface area contributed by atoms with Crippen molar-refractivity contribution in [1.29, 1.82) is 0 Å². The van der Waals surface area contributed by atoms with Crippen molar-refractivity contribution >= 4 is 11.9 Å². The molecule has 0 aliphatic rings. The highest BCUT2D eigenvalue weighted by Crippen LogP contribution is 2.14. The van der Waals surface area contributed by atoms with E-state index in [-0.39, 0.29) is 25.2 Å². The van der Waals surface area contributed by atoms with Gasteiger partial charge in [0.1, 0.15) is 6.61 Å². The van der Waals surface area contributed by atoms with Gasteiger partial charge in [0.15, 0.2) is 6.10 Å². The molecular formula is C65H114O5. The fraction of sp³-hybridized carbons (Fsp3) is 0.754. The molecule has 0 aromatic carbocycles. The number of ether oxygens (including phenoxy) is 3. The Labute approximate surface area is 435 Å². The van der Waals surface area contributed by atoms with Gasteiger partial charge in [0, 0.05) is 19.4 Å². The van der Waals surface area contributed by atoms with Crippen LogP contribution in [0.1, 0.15) is 290 Å². The third kappa shape index (κ3) is 57.7. The lowest BCUT2D eigenvalue weighted by Gasteiger charge is -2.18. The van der Waals surface area contributed by atoms with E-state index in [1.54, 1.807) is 0 Å². The van der Waals surface area contributed by atoms with Crippen LogP contribution in [-0.4, -0.2) is 37.9 Å². The van der Waals surface area contributed by atoms with Crippen LogP contribution in [0.2, 0.25) is 0 Å². The molecule has 0 aliphatic carbocycles. The Morgan fingerprint density at radius 1 is 0.314 bits per heavy atom. The van der Waals surface area contributed by atoms with E-state index in [0.717, 1.165) is 89.9 Å². The van der Waals surface area contributed by atoms with Gasteiger partial charge in [-0.25, -0.2) is 0 Å². The molecule has 0 rings (SSSR count). The van der Waals surface area contributed by atoms with Gasteiger partial charge in [0.25, 0.3) is 0 Å². The molecule has 5 heteroatoms. The van der Waals surface area contributed by atoms with Crippen molar-refractivity contribution in [1.82, 2.24) is 0 Å². The van der Waals surface area contributed by atoms with Crippen molar-refractivity contribution in [3.8, 4) is 0 Å². The molecule has 0 aliphatic heterocycles. The molecular weight excluding hydrogens is 861 g/mol. The lowest BCUT2D eigenvalue weighted by molar-refractivity contribution is -0.163. The smallest absolute Gasteiger partial charge is 0.306 e. The summed E-state index contributed by atoms with van der Waals surface area (Å²) in [4.78, 5) is 25.6. The molecule has 1 unspecified atom stereocenters. The van der Waals surface area contributed by atoms with Gasteiger partial charge in [0.2, 0.25) is 0 Å². The number of unbranched alkanes of at least 4 members (excludes halogenated alkanes) is 30. The number of carbonyl (C=O) groups excluding carboxylic acids is 2. The molecule has 1 atom stereocenters. The number of hydrogen-bond acceptors (Lipinski definition) is 5. The SMILES string of the molecule is CCCCC/C=C\C/C=C\C/C=C\CCCCCCCCCOCC(COC(=O)CCCCCCCC/C=C\C/C=C\C/C=C\CCCCC)OC(=O)CCCCCCC/C=C\CCCCCCCC. The van der Waals surface area contributed by atoms with E-state index >= 15 is 0 Å². The second kappa shape index (κ2) is 60.4. The molecule has 404 valence electrons. The van der Waals surface area contributed by atoms with Gasteiger partial charge in [-0.3, -0.25) is 9.59 Å². The van der Waals surface area contributed by atoms with Crippen molar-refractivity contribution in [2.24, 2.45) is 0 Å². The van der Waals surface area contributed by atoms with Gasteiger partial charge in [0.05, 0.1) is 6.61 Å². The minimum Gasteiger partial charge on any atom is -0.462 e. The lowest BCUT2D eigenvalue weighted by Crippen LogP contribution is -2.30. The first-order chi connectivity index (χ1) is 34.6. The number of esters is 2. The van der Waals surface area contributed by atoms with E-state index in [4.69, 9.17) is 14.2 Å². The maximum atomic E-state index is 12.9. The Balaban J connectivity index is 4.33. The monoisotopic (exact) mass is 975 g/mol. The zero-order chi connectivity index (χ0) is 50.6. The van der Waals surface area contributed by atoms with Crippen molar-refractivity contribution in [3.05, 3.63) is 85.1 Å². The first kappa shape index (κ1) is 67.1. The summed E-state index contributed by atoms with van der Waals surface area (Å²) in [6.45, 7) is 7.75. The maximum Gasteiger partial charge on any atom is 0.306 e. The van der Waals surface area contributed by atoms with Crippen LogP contribution in [0, 0.1) is 0 Å². The van der Waals surface area contributed by atoms with Crippen LogP contribution in [0.4, 0.5) is 0 Å². The van der Waals surface area contributed by atoms with E-state index in [1.165, 1.54) is 167 Å². The third-order valence-corrected chi connectivity index (χ3v) is 12.9. The van der Waals surface area contributed by atoms with Crippen molar-refractivity contribution in [3.63, 3.8) is 0 Å². The minimum absolute atomic E-state index is 0.0686. The van der Waals surface area contributed by atoms with Crippen LogP contribution >= 0.6 is 0 Å². The van der Waals surface area contributed by atoms with Crippen molar-refractivity contribution < 1.29 is 23.8 Å². The van der Waals surface area contributed by atoms with Crippen LogP contribution in [-0.2, 0) is 23.8 Å². The van der Waals surface area contributed by atoms with E-state index in [9.17, 15) is 9.59 Å². The highest BCUT2D eigenvalue weighted by molar-refractivity contribution is 5.70. The fourth-order valence-corrected chi connectivity index (χ4v) is 8.34. The van der Waals surface area contributed by atoms with E-state index in [2.05, 4.69) is 106 Å². The first-order valence-corrected chi connectivity index (χ1v) is 30.1. The standard InChI is InChI=1S/C65H114O5/c1-4-7-10-13-16-19-22-25-28-30-32-34-36-39-42-45-48-51-54-57-60-68-61-63(70-65(67)59-56-53-50-47-44-41-37-27-24-21-18-15-12-9-6-3)62-69-64(66)58-55-52-49-46-43-40-38-35-33-31-29-26-23-20-17-14-11-8-5-2/h16-17,19-20,25-29,32-35,37,63H,4-15,18,21-24,30-31,36,38-62H2,1-3H3/b19-16-,20-17-,28-25-,29-26-,34-32-,35-33-,37-27-. The van der Waals surface area contributed by atoms with E-state index in [0.29, 0.717) is 19.4 Å².